The van der Waals surface area contributed by atoms with Crippen molar-refractivity contribution >= 4 is 12.7 Å². The minimum absolute atomic E-state index is 0.989. The van der Waals surface area contributed by atoms with Crippen molar-refractivity contribution in [1.82, 2.24) is 4.98 Å². The van der Waals surface area contributed by atoms with E-state index in [1.54, 1.807) is 12.4 Å². The number of aromatic nitrogens is 1. The van der Waals surface area contributed by atoms with Crippen LogP contribution in [0.2, 0.25) is 0 Å². The molecule has 1 aromatic rings. The predicted octanol–water partition coefficient (Wildman–Crippen LogP) is 1.87. The molecular weight excluding hydrogens is 158 g/mol. The second-order valence-electron chi connectivity index (χ2n) is 2.57. The lowest BCUT2D eigenvalue weighted by Crippen LogP contribution is -2.22. The first-order valence-corrected chi connectivity index (χ1v) is 4.46. The lowest BCUT2D eigenvalue weighted by Gasteiger charge is -1.87. The van der Waals surface area contributed by atoms with Gasteiger partial charge in [0.1, 0.15) is 0 Å². The molecule has 1 nitrogen and oxygen atoms in total. The Labute approximate surface area is 80.1 Å². The lowest BCUT2D eigenvalue weighted by atomic mass is 10.2. The van der Waals surface area contributed by atoms with Crippen LogP contribution in [-0.2, 0) is 0 Å². The molecule has 1 rings (SSSR count). The third-order valence-corrected chi connectivity index (χ3v) is 1.35. The van der Waals surface area contributed by atoms with E-state index in [0.717, 1.165) is 16.0 Å². The zero-order valence-corrected chi connectivity index (χ0v) is 8.67. The fourth-order valence-electron chi connectivity index (χ4n) is 0.831. The molecule has 0 aliphatic rings. The van der Waals surface area contributed by atoms with Crippen LogP contribution < -0.4 is 10.4 Å². The van der Waals surface area contributed by atoms with Crippen molar-refractivity contribution in [3.8, 4) is 0 Å². The Morgan fingerprint density at radius 1 is 1.46 bits per heavy atom. The Balaban J connectivity index is 0.000000671. The van der Waals surface area contributed by atoms with Crippen molar-refractivity contribution in [3.05, 3.63) is 41.0 Å². The van der Waals surface area contributed by atoms with E-state index in [-0.39, 0.29) is 0 Å². The predicted molar refractivity (Wildman–Crippen MR) is 59.6 cm³/mol. The molecule has 0 N–H and O–H groups in total. The summed E-state index contributed by atoms with van der Waals surface area (Å²) in [5, 5.41) is 2.03. The van der Waals surface area contributed by atoms with E-state index in [1.807, 2.05) is 32.9 Å². The average molecular weight is 175 g/mol. The van der Waals surface area contributed by atoms with Crippen LogP contribution in [0.15, 0.2) is 30.6 Å². The van der Waals surface area contributed by atoms with Crippen LogP contribution >= 0.6 is 0 Å². The van der Waals surface area contributed by atoms with Crippen LogP contribution in [0, 0.1) is 0 Å². The van der Waals surface area contributed by atoms with Gasteiger partial charge in [-0.05, 0) is 23.4 Å². The highest BCUT2D eigenvalue weighted by atomic mass is 14.6. The van der Waals surface area contributed by atoms with Gasteiger partial charge >= 0.3 is 0 Å². The number of pyridine rings is 1. The van der Waals surface area contributed by atoms with Crippen LogP contribution in [0.5, 0.6) is 0 Å². The summed E-state index contributed by atoms with van der Waals surface area (Å²) in [6, 6.07) is 1.88. The van der Waals surface area contributed by atoms with Gasteiger partial charge in [0.25, 0.3) is 0 Å². The monoisotopic (exact) mass is 175 g/mol. The fraction of sp³-hybridized carbons (Fsp3) is 0.250. The van der Waals surface area contributed by atoms with Crippen molar-refractivity contribution in [3.63, 3.8) is 0 Å². The third-order valence-electron chi connectivity index (χ3n) is 1.35. The van der Waals surface area contributed by atoms with Gasteiger partial charge in [-0.1, -0.05) is 38.7 Å². The van der Waals surface area contributed by atoms with E-state index in [1.165, 1.54) is 0 Å². The summed E-state index contributed by atoms with van der Waals surface area (Å²) < 4.78 is 0. The Morgan fingerprint density at radius 3 is 2.54 bits per heavy atom. The number of nitrogens with zero attached hydrogens (tertiary/aromatic N) is 1. The molecule has 0 saturated carbocycles. The number of rotatable bonds is 1. The summed E-state index contributed by atoms with van der Waals surface area (Å²) in [6.07, 6.45) is 5.49. The molecule has 0 aliphatic heterocycles. The van der Waals surface area contributed by atoms with Gasteiger partial charge in [0, 0.05) is 12.4 Å². The molecule has 0 bridgehead atoms. The van der Waals surface area contributed by atoms with Crippen molar-refractivity contribution in [2.45, 2.75) is 20.8 Å². The quantitative estimate of drug-likeness (QED) is 0.635. The Hall–Kier alpha value is -1.37. The van der Waals surface area contributed by atoms with Crippen LogP contribution in [0.25, 0.3) is 12.7 Å². The second-order valence-corrected chi connectivity index (χ2v) is 2.57. The van der Waals surface area contributed by atoms with Gasteiger partial charge in [-0.15, -0.1) is 0 Å². The van der Waals surface area contributed by atoms with Crippen molar-refractivity contribution in [1.29, 1.82) is 0 Å². The van der Waals surface area contributed by atoms with Crippen molar-refractivity contribution < 1.29 is 0 Å². The molecule has 13 heavy (non-hydrogen) atoms. The van der Waals surface area contributed by atoms with Crippen LogP contribution in [-0.4, -0.2) is 4.98 Å². The van der Waals surface area contributed by atoms with E-state index in [4.69, 9.17) is 0 Å². The van der Waals surface area contributed by atoms with Gasteiger partial charge in [-0.3, -0.25) is 4.98 Å². The van der Waals surface area contributed by atoms with Gasteiger partial charge < -0.3 is 0 Å². The van der Waals surface area contributed by atoms with E-state index in [2.05, 4.69) is 18.1 Å². The van der Waals surface area contributed by atoms with Gasteiger partial charge in [-0.25, -0.2) is 0 Å². The minimum Gasteiger partial charge on any atom is -0.264 e. The highest BCUT2D eigenvalue weighted by Crippen LogP contribution is 1.84. The molecule has 70 valence electrons. The molecule has 0 fully saturated rings. The highest BCUT2D eigenvalue weighted by Gasteiger charge is 1.80. The Morgan fingerprint density at radius 2 is 2.08 bits per heavy atom. The molecule has 0 unspecified atom stereocenters. The molecule has 1 aromatic heterocycles. The first-order valence-electron chi connectivity index (χ1n) is 4.46. The Bertz CT molecular complexity index is 363. The molecule has 0 amide bonds. The smallest absolute Gasteiger partial charge is 0.0346 e. The van der Waals surface area contributed by atoms with Gasteiger partial charge in [0.15, 0.2) is 0 Å². The molecule has 0 atom stereocenters. The standard InChI is InChI=1S/C10H11N.C2H6/c1-8(2)6-10-7-11-5-4-9(10)3;1-2/h4-7H,1,3H2,2H3;1-2H3/b10-6-;. The average Bonchev–Trinajstić information content (AvgIpc) is 2.12. The zero-order valence-electron chi connectivity index (χ0n) is 8.67. The van der Waals surface area contributed by atoms with Crippen LogP contribution in [0.3, 0.4) is 0 Å². The normalized spacial score (nSPS) is 10.2. The second kappa shape index (κ2) is 6.18. The van der Waals surface area contributed by atoms with Gasteiger partial charge in [0.05, 0.1) is 0 Å². The van der Waals surface area contributed by atoms with Gasteiger partial charge in [-0.2, -0.15) is 0 Å². The summed E-state index contributed by atoms with van der Waals surface area (Å²) >= 11 is 0. The first kappa shape index (κ1) is 11.6. The molecule has 1 heterocycles. The molecule has 0 saturated heterocycles. The molecule has 0 radical (unpaired) electrons. The SMILES string of the molecule is C=C(C)/C=c1/cnccc1=C.CC. The third kappa shape index (κ3) is 4.26. The molecule has 1 heteroatoms. The summed E-state index contributed by atoms with van der Waals surface area (Å²) in [5.74, 6) is 0. The summed E-state index contributed by atoms with van der Waals surface area (Å²) in [6.45, 7) is 13.6. The zero-order chi connectivity index (χ0) is 10.3. The largest absolute Gasteiger partial charge is 0.264 e. The first-order chi connectivity index (χ1) is 6.20. The fourth-order valence-corrected chi connectivity index (χ4v) is 0.831. The topological polar surface area (TPSA) is 12.9 Å². The molecule has 0 spiro atoms. The minimum atomic E-state index is 0.989. The van der Waals surface area contributed by atoms with Crippen LogP contribution in [0.1, 0.15) is 20.8 Å². The molecule has 0 aliphatic carbocycles. The van der Waals surface area contributed by atoms with E-state index < -0.39 is 0 Å². The number of hydrogen-bond acceptors (Lipinski definition) is 1. The van der Waals surface area contributed by atoms with Crippen molar-refractivity contribution in [2.75, 3.05) is 0 Å². The summed E-state index contributed by atoms with van der Waals surface area (Å²) in [5.41, 5.74) is 1.02. The highest BCUT2D eigenvalue weighted by molar-refractivity contribution is 5.42. The maximum Gasteiger partial charge on any atom is 0.0346 e. The summed E-state index contributed by atoms with van der Waals surface area (Å²) in [7, 11) is 0. The maximum atomic E-state index is 3.99. The van der Waals surface area contributed by atoms with Crippen molar-refractivity contribution in [2.24, 2.45) is 0 Å². The molecular formula is C12H17N. The van der Waals surface area contributed by atoms with Gasteiger partial charge in [0.2, 0.25) is 0 Å². The molecule has 0 aromatic carbocycles. The van der Waals surface area contributed by atoms with E-state index in [0.29, 0.717) is 0 Å². The van der Waals surface area contributed by atoms with E-state index >= 15 is 0 Å². The summed E-state index contributed by atoms with van der Waals surface area (Å²) in [4.78, 5) is 3.99. The van der Waals surface area contributed by atoms with E-state index in [9.17, 15) is 0 Å². The van der Waals surface area contributed by atoms with Crippen LogP contribution in [0.4, 0.5) is 0 Å². The number of allylic oxidation sites excluding steroid dienone is 1. The maximum absolute atomic E-state index is 3.99. The number of hydrogen-bond donors (Lipinski definition) is 0. The Kier molecular flexibility index (Phi) is 5.53. The lowest BCUT2D eigenvalue weighted by molar-refractivity contribution is 1.27.